The topological polar surface area (TPSA) is 20.2 Å². The van der Waals surface area contributed by atoms with E-state index in [0.717, 1.165) is 12.8 Å². The third-order valence-corrected chi connectivity index (χ3v) is 3.64. The molecule has 1 aliphatic carbocycles. The van der Waals surface area contributed by atoms with E-state index < -0.39 is 11.4 Å². The molecular formula is C13H16ClFO. The van der Waals surface area contributed by atoms with Crippen molar-refractivity contribution in [3.8, 4) is 0 Å². The van der Waals surface area contributed by atoms with Crippen molar-refractivity contribution in [3.63, 3.8) is 0 Å². The molecule has 0 aromatic heterocycles. The number of aliphatic hydroxyl groups is 1. The van der Waals surface area contributed by atoms with Gasteiger partial charge in [0, 0.05) is 10.6 Å². The van der Waals surface area contributed by atoms with Gasteiger partial charge in [-0.15, -0.1) is 0 Å². The van der Waals surface area contributed by atoms with Crippen molar-refractivity contribution in [2.24, 2.45) is 5.92 Å². The first-order valence-electron chi connectivity index (χ1n) is 5.69. The van der Waals surface area contributed by atoms with Crippen LogP contribution in [0.15, 0.2) is 18.2 Å². The fraction of sp³-hybridized carbons (Fsp3) is 0.538. The molecule has 88 valence electrons. The Morgan fingerprint density at radius 3 is 2.88 bits per heavy atom. The lowest BCUT2D eigenvalue weighted by Gasteiger charge is -2.36. The first-order valence-corrected chi connectivity index (χ1v) is 6.07. The van der Waals surface area contributed by atoms with Gasteiger partial charge in [-0.25, -0.2) is 4.39 Å². The minimum absolute atomic E-state index is 0.369. The highest BCUT2D eigenvalue weighted by atomic mass is 35.5. The summed E-state index contributed by atoms with van der Waals surface area (Å²) in [5.74, 6) is 0.0397. The Hall–Kier alpha value is -0.600. The molecule has 1 nitrogen and oxygen atoms in total. The summed E-state index contributed by atoms with van der Waals surface area (Å²) in [6.07, 6.45) is 3.32. The fourth-order valence-electron chi connectivity index (χ4n) is 2.64. The van der Waals surface area contributed by atoms with Gasteiger partial charge >= 0.3 is 0 Å². The molecular weight excluding hydrogens is 227 g/mol. The lowest BCUT2D eigenvalue weighted by atomic mass is 9.75. The molecule has 0 heterocycles. The average Bonchev–Trinajstić information content (AvgIpc) is 2.16. The van der Waals surface area contributed by atoms with Gasteiger partial charge in [0.25, 0.3) is 0 Å². The van der Waals surface area contributed by atoms with Gasteiger partial charge in [0.1, 0.15) is 5.82 Å². The maximum atomic E-state index is 13.8. The number of hydrogen-bond acceptors (Lipinski definition) is 1. The van der Waals surface area contributed by atoms with E-state index >= 15 is 0 Å². The van der Waals surface area contributed by atoms with Crippen molar-refractivity contribution in [2.75, 3.05) is 0 Å². The molecule has 1 aliphatic rings. The standard InChI is InChI=1S/C13H16ClFO/c1-9-3-2-6-13(16,8-9)11-5-4-10(14)7-12(11)15/h4-5,7,9,16H,2-3,6,8H2,1H3. The van der Waals surface area contributed by atoms with Crippen LogP contribution in [0.25, 0.3) is 0 Å². The van der Waals surface area contributed by atoms with Crippen LogP contribution in [0.1, 0.15) is 38.2 Å². The lowest BCUT2D eigenvalue weighted by molar-refractivity contribution is -0.0207. The second kappa shape index (κ2) is 4.34. The Morgan fingerprint density at radius 1 is 1.50 bits per heavy atom. The molecule has 0 spiro atoms. The molecule has 1 aromatic carbocycles. The maximum Gasteiger partial charge on any atom is 0.130 e. The molecule has 2 unspecified atom stereocenters. The molecule has 1 N–H and O–H groups in total. The quantitative estimate of drug-likeness (QED) is 0.793. The highest BCUT2D eigenvalue weighted by Crippen LogP contribution is 2.41. The smallest absolute Gasteiger partial charge is 0.130 e. The normalized spacial score (nSPS) is 30.4. The number of benzene rings is 1. The Bertz CT molecular complexity index is 394. The van der Waals surface area contributed by atoms with Gasteiger partial charge < -0.3 is 5.11 Å². The molecule has 16 heavy (non-hydrogen) atoms. The van der Waals surface area contributed by atoms with Gasteiger partial charge in [-0.3, -0.25) is 0 Å². The minimum Gasteiger partial charge on any atom is -0.385 e. The fourth-order valence-corrected chi connectivity index (χ4v) is 2.79. The number of hydrogen-bond donors (Lipinski definition) is 1. The highest BCUT2D eigenvalue weighted by Gasteiger charge is 2.36. The van der Waals surface area contributed by atoms with Crippen LogP contribution in [0.4, 0.5) is 4.39 Å². The van der Waals surface area contributed by atoms with Crippen LogP contribution in [-0.4, -0.2) is 5.11 Å². The van der Waals surface area contributed by atoms with Crippen LogP contribution in [0.5, 0.6) is 0 Å². The van der Waals surface area contributed by atoms with Crippen LogP contribution >= 0.6 is 11.6 Å². The van der Waals surface area contributed by atoms with Crippen LogP contribution < -0.4 is 0 Å². The van der Waals surface area contributed by atoms with E-state index in [1.807, 2.05) is 0 Å². The molecule has 2 atom stereocenters. The van der Waals surface area contributed by atoms with Crippen molar-refractivity contribution in [2.45, 2.75) is 38.2 Å². The highest BCUT2D eigenvalue weighted by molar-refractivity contribution is 6.30. The SMILES string of the molecule is CC1CCCC(O)(c2ccc(Cl)cc2F)C1. The van der Waals surface area contributed by atoms with E-state index in [0.29, 0.717) is 29.3 Å². The zero-order chi connectivity index (χ0) is 11.8. The summed E-state index contributed by atoms with van der Waals surface area (Å²) in [7, 11) is 0. The summed E-state index contributed by atoms with van der Waals surface area (Å²) < 4.78 is 13.8. The van der Waals surface area contributed by atoms with Crippen molar-refractivity contribution in [1.29, 1.82) is 0 Å². The molecule has 0 bridgehead atoms. The molecule has 2 rings (SSSR count). The average molecular weight is 243 g/mol. The van der Waals surface area contributed by atoms with Crippen molar-refractivity contribution < 1.29 is 9.50 Å². The van der Waals surface area contributed by atoms with E-state index in [1.54, 1.807) is 12.1 Å². The number of halogens is 2. The van der Waals surface area contributed by atoms with E-state index in [2.05, 4.69) is 6.92 Å². The molecule has 0 radical (unpaired) electrons. The van der Waals surface area contributed by atoms with E-state index in [9.17, 15) is 9.50 Å². The van der Waals surface area contributed by atoms with Crippen LogP contribution in [0.3, 0.4) is 0 Å². The monoisotopic (exact) mass is 242 g/mol. The predicted octanol–water partition coefficient (Wildman–Crippen LogP) is 3.88. The summed E-state index contributed by atoms with van der Waals surface area (Å²) in [6.45, 7) is 2.10. The predicted molar refractivity (Wildman–Crippen MR) is 62.9 cm³/mol. The van der Waals surface area contributed by atoms with Crippen molar-refractivity contribution >= 4 is 11.6 Å². The van der Waals surface area contributed by atoms with Crippen molar-refractivity contribution in [1.82, 2.24) is 0 Å². The first-order chi connectivity index (χ1) is 7.51. The summed E-state index contributed by atoms with van der Waals surface area (Å²) >= 11 is 5.71. The Morgan fingerprint density at radius 2 is 2.25 bits per heavy atom. The molecule has 0 saturated heterocycles. The minimum atomic E-state index is -1.01. The van der Waals surface area contributed by atoms with Gasteiger partial charge in [-0.05, 0) is 37.3 Å². The third kappa shape index (κ3) is 2.23. The lowest BCUT2D eigenvalue weighted by Crippen LogP contribution is -2.32. The van der Waals surface area contributed by atoms with Crippen LogP contribution in [0, 0.1) is 11.7 Å². The second-order valence-electron chi connectivity index (χ2n) is 4.86. The summed E-state index contributed by atoms with van der Waals surface area (Å²) in [4.78, 5) is 0. The Labute approximate surface area is 100 Å². The van der Waals surface area contributed by atoms with E-state index in [4.69, 9.17) is 11.6 Å². The molecule has 0 amide bonds. The van der Waals surface area contributed by atoms with Gasteiger partial charge in [0.15, 0.2) is 0 Å². The molecule has 1 aromatic rings. The summed E-state index contributed by atoms with van der Waals surface area (Å²) in [5, 5.41) is 10.9. The summed E-state index contributed by atoms with van der Waals surface area (Å²) in [6, 6.07) is 4.51. The van der Waals surface area contributed by atoms with Gasteiger partial charge in [0.05, 0.1) is 5.60 Å². The maximum absolute atomic E-state index is 13.8. The number of rotatable bonds is 1. The van der Waals surface area contributed by atoms with Gasteiger partial charge in [-0.1, -0.05) is 31.0 Å². The summed E-state index contributed by atoms with van der Waals surface area (Å²) in [5.41, 5.74) is -0.616. The molecule has 1 fully saturated rings. The zero-order valence-electron chi connectivity index (χ0n) is 9.34. The van der Waals surface area contributed by atoms with Crippen LogP contribution in [-0.2, 0) is 5.60 Å². The Kier molecular flexibility index (Phi) is 3.22. The molecule has 0 aliphatic heterocycles. The van der Waals surface area contributed by atoms with Crippen LogP contribution in [0.2, 0.25) is 5.02 Å². The van der Waals surface area contributed by atoms with Crippen molar-refractivity contribution in [3.05, 3.63) is 34.6 Å². The first kappa shape index (κ1) is 11.9. The van der Waals surface area contributed by atoms with E-state index in [-0.39, 0.29) is 0 Å². The van der Waals surface area contributed by atoms with Gasteiger partial charge in [-0.2, -0.15) is 0 Å². The second-order valence-corrected chi connectivity index (χ2v) is 5.29. The third-order valence-electron chi connectivity index (χ3n) is 3.41. The zero-order valence-corrected chi connectivity index (χ0v) is 10.1. The molecule has 1 saturated carbocycles. The van der Waals surface area contributed by atoms with Gasteiger partial charge in [0.2, 0.25) is 0 Å². The largest absolute Gasteiger partial charge is 0.385 e. The van der Waals surface area contributed by atoms with E-state index in [1.165, 1.54) is 6.07 Å². The molecule has 3 heteroatoms. The Balaban J connectivity index is 2.34.